The highest BCUT2D eigenvalue weighted by Gasteiger charge is 2.23. The predicted octanol–water partition coefficient (Wildman–Crippen LogP) is 5.40. The molecule has 4 aromatic rings. The monoisotopic (exact) mass is 360 g/mol. The van der Waals surface area contributed by atoms with Crippen molar-refractivity contribution in [2.45, 2.75) is 32.6 Å². The van der Waals surface area contributed by atoms with Gasteiger partial charge >= 0.3 is 5.63 Å². The Morgan fingerprint density at radius 2 is 1.74 bits per heavy atom. The van der Waals surface area contributed by atoms with Gasteiger partial charge in [-0.15, -0.1) is 0 Å². The average Bonchev–Trinajstić information content (AvgIpc) is 3.14. The molecule has 2 aromatic heterocycles. The number of aryl methyl sites for hydroxylation is 2. The third-order valence-corrected chi connectivity index (χ3v) is 5.63. The van der Waals surface area contributed by atoms with Crippen molar-refractivity contribution in [3.63, 3.8) is 0 Å². The van der Waals surface area contributed by atoms with E-state index >= 15 is 0 Å². The maximum Gasteiger partial charge on any atom is 0.339 e. The Labute approximate surface area is 156 Å². The molecular weight excluding hydrogens is 340 g/mol. The first-order valence-electron chi connectivity index (χ1n) is 9.31. The summed E-state index contributed by atoms with van der Waals surface area (Å²) in [6.45, 7) is 2.03. The number of benzene rings is 2. The van der Waals surface area contributed by atoms with Crippen LogP contribution in [-0.2, 0) is 12.8 Å². The SMILES string of the molecule is COc1ccc(-c2coc3c2c(C)cc2oc(=O)c4c(c23)CCCC4)cc1. The van der Waals surface area contributed by atoms with E-state index in [1.165, 1.54) is 0 Å². The molecule has 0 bridgehead atoms. The molecule has 0 saturated heterocycles. The number of furan rings is 1. The zero-order valence-electron chi connectivity index (χ0n) is 15.4. The summed E-state index contributed by atoms with van der Waals surface area (Å²) in [7, 11) is 1.66. The van der Waals surface area contributed by atoms with Crippen LogP contribution in [-0.4, -0.2) is 7.11 Å². The van der Waals surface area contributed by atoms with Crippen LogP contribution in [0.15, 0.2) is 50.2 Å². The summed E-state index contributed by atoms with van der Waals surface area (Å²) in [5.74, 6) is 0.824. The normalized spacial score (nSPS) is 13.9. The summed E-state index contributed by atoms with van der Waals surface area (Å²) in [6, 6.07) is 9.94. The molecule has 5 rings (SSSR count). The van der Waals surface area contributed by atoms with Gasteiger partial charge < -0.3 is 13.6 Å². The molecule has 4 nitrogen and oxygen atoms in total. The fraction of sp³-hybridized carbons (Fsp3) is 0.261. The van der Waals surface area contributed by atoms with Crippen LogP contribution < -0.4 is 10.4 Å². The molecule has 0 saturated carbocycles. The largest absolute Gasteiger partial charge is 0.497 e. The topological polar surface area (TPSA) is 52.6 Å². The van der Waals surface area contributed by atoms with Crippen LogP contribution in [0.4, 0.5) is 0 Å². The van der Waals surface area contributed by atoms with Gasteiger partial charge in [0.1, 0.15) is 16.9 Å². The number of fused-ring (bicyclic) bond motifs is 5. The van der Waals surface area contributed by atoms with Crippen LogP contribution in [0.25, 0.3) is 33.1 Å². The fourth-order valence-corrected chi connectivity index (χ4v) is 4.30. The Morgan fingerprint density at radius 1 is 1.00 bits per heavy atom. The molecule has 0 amide bonds. The minimum atomic E-state index is -0.196. The van der Waals surface area contributed by atoms with Crippen LogP contribution in [0.1, 0.15) is 29.5 Å². The number of ether oxygens (including phenoxy) is 1. The Balaban J connectivity index is 1.84. The van der Waals surface area contributed by atoms with E-state index in [0.29, 0.717) is 5.58 Å². The lowest BCUT2D eigenvalue weighted by atomic mass is 9.89. The van der Waals surface area contributed by atoms with E-state index in [1.807, 2.05) is 37.3 Å². The molecule has 0 fully saturated rings. The summed E-state index contributed by atoms with van der Waals surface area (Å²) < 4.78 is 17.0. The molecule has 0 atom stereocenters. The summed E-state index contributed by atoms with van der Waals surface area (Å²) >= 11 is 0. The molecule has 0 radical (unpaired) electrons. The van der Waals surface area contributed by atoms with Crippen molar-refractivity contribution in [1.82, 2.24) is 0 Å². The molecule has 0 unspecified atom stereocenters. The number of hydrogen-bond acceptors (Lipinski definition) is 4. The lowest BCUT2D eigenvalue weighted by molar-refractivity contribution is 0.415. The van der Waals surface area contributed by atoms with E-state index in [2.05, 4.69) is 0 Å². The summed E-state index contributed by atoms with van der Waals surface area (Å²) in [6.07, 6.45) is 5.61. The molecular formula is C23H20O4. The molecule has 0 aliphatic heterocycles. The van der Waals surface area contributed by atoms with E-state index in [9.17, 15) is 4.79 Å². The van der Waals surface area contributed by atoms with Gasteiger partial charge in [0.25, 0.3) is 0 Å². The molecule has 136 valence electrons. The molecule has 4 heteroatoms. The van der Waals surface area contributed by atoms with Gasteiger partial charge in [0.05, 0.1) is 18.8 Å². The van der Waals surface area contributed by atoms with Crippen LogP contribution >= 0.6 is 0 Å². The molecule has 1 aliphatic rings. The Bertz CT molecular complexity index is 1230. The Morgan fingerprint density at radius 3 is 2.48 bits per heavy atom. The number of rotatable bonds is 2. The summed E-state index contributed by atoms with van der Waals surface area (Å²) in [4.78, 5) is 12.4. The average molecular weight is 360 g/mol. The van der Waals surface area contributed by atoms with E-state index in [0.717, 1.165) is 75.6 Å². The van der Waals surface area contributed by atoms with E-state index in [-0.39, 0.29) is 5.63 Å². The molecule has 2 heterocycles. The smallest absolute Gasteiger partial charge is 0.339 e. The third-order valence-electron chi connectivity index (χ3n) is 5.63. The van der Waals surface area contributed by atoms with Gasteiger partial charge in [-0.2, -0.15) is 0 Å². The van der Waals surface area contributed by atoms with Crippen molar-refractivity contribution in [2.24, 2.45) is 0 Å². The quantitative estimate of drug-likeness (QED) is 0.449. The second-order valence-electron chi connectivity index (χ2n) is 7.20. The highest BCUT2D eigenvalue weighted by Crippen LogP contribution is 2.40. The van der Waals surface area contributed by atoms with Crippen LogP contribution in [0.2, 0.25) is 0 Å². The van der Waals surface area contributed by atoms with Crippen molar-refractivity contribution in [2.75, 3.05) is 7.11 Å². The van der Waals surface area contributed by atoms with Crippen molar-refractivity contribution < 1.29 is 13.6 Å². The zero-order chi connectivity index (χ0) is 18.5. The molecule has 0 N–H and O–H groups in total. The number of hydrogen-bond donors (Lipinski definition) is 0. The second kappa shape index (κ2) is 6.02. The first-order valence-corrected chi connectivity index (χ1v) is 9.31. The zero-order valence-corrected chi connectivity index (χ0v) is 15.4. The van der Waals surface area contributed by atoms with Crippen molar-refractivity contribution >= 4 is 21.9 Å². The first-order chi connectivity index (χ1) is 13.2. The van der Waals surface area contributed by atoms with Gasteiger partial charge in [0.15, 0.2) is 0 Å². The molecule has 27 heavy (non-hydrogen) atoms. The maximum atomic E-state index is 12.4. The lowest BCUT2D eigenvalue weighted by Crippen LogP contribution is -2.15. The first kappa shape index (κ1) is 16.2. The highest BCUT2D eigenvalue weighted by atomic mass is 16.5. The van der Waals surface area contributed by atoms with E-state index in [4.69, 9.17) is 13.6 Å². The van der Waals surface area contributed by atoms with Gasteiger partial charge in [-0.25, -0.2) is 4.79 Å². The molecule has 1 aliphatic carbocycles. The highest BCUT2D eigenvalue weighted by molar-refractivity contribution is 6.11. The summed E-state index contributed by atoms with van der Waals surface area (Å²) in [5, 5.41) is 2.04. The van der Waals surface area contributed by atoms with Crippen LogP contribution in [0.3, 0.4) is 0 Å². The van der Waals surface area contributed by atoms with Gasteiger partial charge in [0.2, 0.25) is 0 Å². The van der Waals surface area contributed by atoms with Crippen molar-refractivity contribution in [1.29, 1.82) is 0 Å². The molecule has 2 aromatic carbocycles. The van der Waals surface area contributed by atoms with Gasteiger partial charge in [-0.05, 0) is 67.5 Å². The number of methoxy groups -OCH3 is 1. The minimum absolute atomic E-state index is 0.196. The fourth-order valence-electron chi connectivity index (χ4n) is 4.30. The predicted molar refractivity (Wildman–Crippen MR) is 106 cm³/mol. The standard InChI is InChI=1S/C23H20O4/c1-13-11-19-21(16-5-3-4-6-17(16)23(24)27-19)22-20(13)18(12-26-22)14-7-9-15(25-2)10-8-14/h7-12H,3-6H2,1-2H3. The summed E-state index contributed by atoms with van der Waals surface area (Å²) in [5.41, 5.74) is 6.33. The lowest BCUT2D eigenvalue weighted by Gasteiger charge is -2.16. The van der Waals surface area contributed by atoms with Crippen LogP contribution in [0, 0.1) is 6.92 Å². The minimum Gasteiger partial charge on any atom is -0.497 e. The van der Waals surface area contributed by atoms with Crippen LogP contribution in [0.5, 0.6) is 5.75 Å². The van der Waals surface area contributed by atoms with Gasteiger partial charge in [-0.3, -0.25) is 0 Å². The molecule has 0 spiro atoms. The van der Waals surface area contributed by atoms with E-state index < -0.39 is 0 Å². The third kappa shape index (κ3) is 2.40. The maximum absolute atomic E-state index is 12.4. The van der Waals surface area contributed by atoms with Crippen molar-refractivity contribution in [3.8, 4) is 16.9 Å². The Kier molecular flexibility index (Phi) is 3.61. The Hall–Kier alpha value is -3.01. The van der Waals surface area contributed by atoms with Gasteiger partial charge in [0, 0.05) is 16.5 Å². The van der Waals surface area contributed by atoms with Gasteiger partial charge in [-0.1, -0.05) is 12.1 Å². The van der Waals surface area contributed by atoms with E-state index in [1.54, 1.807) is 13.4 Å². The second-order valence-corrected chi connectivity index (χ2v) is 7.20. The van der Waals surface area contributed by atoms with Crippen molar-refractivity contribution in [3.05, 3.63) is 63.7 Å².